The lowest BCUT2D eigenvalue weighted by Gasteiger charge is -2.37. The van der Waals surface area contributed by atoms with Crippen LogP contribution in [0, 0.1) is 17.8 Å². The molecule has 3 heteroatoms. The fourth-order valence-electron chi connectivity index (χ4n) is 4.23. The van der Waals surface area contributed by atoms with Gasteiger partial charge in [0.1, 0.15) is 5.60 Å². The van der Waals surface area contributed by atoms with Gasteiger partial charge in [-0.25, -0.2) is 0 Å². The minimum atomic E-state index is -0.609. The molecular weight excluding hydrogens is 252 g/mol. The van der Waals surface area contributed by atoms with Gasteiger partial charge < -0.3 is 9.84 Å². The first kappa shape index (κ1) is 15.6. The van der Waals surface area contributed by atoms with E-state index in [1.807, 2.05) is 20.8 Å². The highest BCUT2D eigenvalue weighted by molar-refractivity contribution is 5.66. The van der Waals surface area contributed by atoms with Crippen LogP contribution < -0.4 is 0 Å². The molecule has 114 valence electrons. The average Bonchev–Trinajstić information content (AvgIpc) is 2.47. The van der Waals surface area contributed by atoms with Gasteiger partial charge in [-0.1, -0.05) is 12.2 Å². The minimum absolute atomic E-state index is 0.229. The Morgan fingerprint density at radius 1 is 1.45 bits per heavy atom. The van der Waals surface area contributed by atoms with Crippen molar-refractivity contribution in [1.82, 2.24) is 0 Å². The Bertz CT molecular complexity index is 408. The summed E-state index contributed by atoms with van der Waals surface area (Å²) in [6.45, 7) is 11.6. The maximum atomic E-state index is 11.3. The van der Waals surface area contributed by atoms with Crippen LogP contribution in [0.4, 0.5) is 0 Å². The molecular formula is C17H28O3. The van der Waals surface area contributed by atoms with Gasteiger partial charge in [-0.15, -0.1) is 0 Å². The molecule has 0 radical (unpaired) electrons. The number of hydrogen-bond donors (Lipinski definition) is 1. The molecule has 4 atom stereocenters. The van der Waals surface area contributed by atoms with Crippen LogP contribution in [0.1, 0.15) is 59.8 Å². The van der Waals surface area contributed by atoms with Crippen molar-refractivity contribution >= 4 is 5.97 Å². The fourth-order valence-corrected chi connectivity index (χ4v) is 4.23. The van der Waals surface area contributed by atoms with E-state index in [9.17, 15) is 9.90 Å². The van der Waals surface area contributed by atoms with Crippen LogP contribution in [0.3, 0.4) is 0 Å². The third-order valence-electron chi connectivity index (χ3n) is 5.51. The molecule has 0 aliphatic heterocycles. The standard InChI is InChI=1S/C17H28O3/c1-11-6-7-13(16(3,4)20-12(2)18)10-15-14(11)8-9-17(15,5)19/h13-15,19H,1,6-10H2,2-5H3/t13-,14+,15-,17-/m1/s1. The van der Waals surface area contributed by atoms with Gasteiger partial charge in [0.15, 0.2) is 0 Å². The van der Waals surface area contributed by atoms with E-state index in [-0.39, 0.29) is 17.8 Å². The highest BCUT2D eigenvalue weighted by Gasteiger charge is 2.49. The van der Waals surface area contributed by atoms with Crippen LogP contribution in [0.2, 0.25) is 0 Å². The molecule has 0 bridgehead atoms. The highest BCUT2D eigenvalue weighted by Crippen LogP contribution is 2.51. The lowest BCUT2D eigenvalue weighted by Crippen LogP contribution is -2.40. The lowest BCUT2D eigenvalue weighted by molar-refractivity contribution is -0.160. The van der Waals surface area contributed by atoms with E-state index in [0.29, 0.717) is 5.92 Å². The quantitative estimate of drug-likeness (QED) is 0.622. The number of esters is 1. The van der Waals surface area contributed by atoms with E-state index in [1.54, 1.807) is 0 Å². The van der Waals surface area contributed by atoms with E-state index in [2.05, 4.69) is 6.58 Å². The number of allylic oxidation sites excluding steroid dienone is 1. The first-order valence-corrected chi connectivity index (χ1v) is 7.73. The van der Waals surface area contributed by atoms with Crippen molar-refractivity contribution in [2.45, 2.75) is 71.0 Å². The summed E-state index contributed by atoms with van der Waals surface area (Å²) >= 11 is 0. The molecule has 2 aliphatic rings. The zero-order valence-electron chi connectivity index (χ0n) is 13.2. The number of fused-ring (bicyclic) bond motifs is 1. The Balaban J connectivity index is 2.21. The Labute approximate surface area is 122 Å². The zero-order chi connectivity index (χ0) is 15.1. The van der Waals surface area contributed by atoms with Gasteiger partial charge in [-0.2, -0.15) is 0 Å². The minimum Gasteiger partial charge on any atom is -0.460 e. The van der Waals surface area contributed by atoms with Gasteiger partial charge >= 0.3 is 5.97 Å². The second-order valence-corrected chi connectivity index (χ2v) is 7.44. The van der Waals surface area contributed by atoms with E-state index < -0.39 is 11.2 Å². The molecule has 0 aromatic heterocycles. The van der Waals surface area contributed by atoms with Crippen molar-refractivity contribution in [2.24, 2.45) is 17.8 Å². The summed E-state index contributed by atoms with van der Waals surface area (Å²) < 4.78 is 5.53. The lowest BCUT2D eigenvalue weighted by atomic mass is 9.76. The van der Waals surface area contributed by atoms with E-state index in [4.69, 9.17) is 4.74 Å². The van der Waals surface area contributed by atoms with Gasteiger partial charge in [-0.3, -0.25) is 4.79 Å². The van der Waals surface area contributed by atoms with Crippen molar-refractivity contribution in [3.05, 3.63) is 12.2 Å². The second-order valence-electron chi connectivity index (χ2n) is 7.44. The Morgan fingerprint density at radius 3 is 2.70 bits per heavy atom. The predicted octanol–water partition coefficient (Wildman–Crippen LogP) is 3.46. The third kappa shape index (κ3) is 2.93. The maximum Gasteiger partial charge on any atom is 0.303 e. The van der Waals surface area contributed by atoms with Gasteiger partial charge in [-0.05, 0) is 70.6 Å². The maximum absolute atomic E-state index is 11.3. The number of hydrogen-bond acceptors (Lipinski definition) is 3. The second kappa shape index (κ2) is 5.18. The van der Waals surface area contributed by atoms with Gasteiger partial charge in [0.2, 0.25) is 0 Å². The molecule has 0 aromatic carbocycles. The summed E-state index contributed by atoms with van der Waals surface area (Å²) in [4.78, 5) is 11.3. The first-order valence-electron chi connectivity index (χ1n) is 7.73. The summed E-state index contributed by atoms with van der Waals surface area (Å²) in [6, 6.07) is 0. The van der Waals surface area contributed by atoms with E-state index in [0.717, 1.165) is 32.1 Å². The molecule has 2 aliphatic carbocycles. The van der Waals surface area contributed by atoms with Crippen LogP contribution in [0.15, 0.2) is 12.2 Å². The van der Waals surface area contributed by atoms with Crippen LogP contribution in [0.25, 0.3) is 0 Å². The van der Waals surface area contributed by atoms with Crippen LogP contribution in [-0.2, 0) is 9.53 Å². The summed E-state index contributed by atoms with van der Waals surface area (Å²) in [5.41, 5.74) is 0.191. The summed E-state index contributed by atoms with van der Waals surface area (Å²) in [7, 11) is 0. The molecule has 0 amide bonds. The zero-order valence-corrected chi connectivity index (χ0v) is 13.2. The number of carbonyl (C=O) groups excluding carboxylic acids is 1. The number of carbonyl (C=O) groups is 1. The summed E-state index contributed by atoms with van der Waals surface area (Å²) in [6.07, 6.45) is 4.77. The van der Waals surface area contributed by atoms with Crippen molar-refractivity contribution in [3.63, 3.8) is 0 Å². The number of aliphatic hydroxyl groups is 1. The molecule has 20 heavy (non-hydrogen) atoms. The van der Waals surface area contributed by atoms with Crippen LogP contribution >= 0.6 is 0 Å². The molecule has 3 nitrogen and oxygen atoms in total. The van der Waals surface area contributed by atoms with Crippen molar-refractivity contribution < 1.29 is 14.6 Å². The Kier molecular flexibility index (Phi) is 4.03. The molecule has 0 heterocycles. The van der Waals surface area contributed by atoms with E-state index >= 15 is 0 Å². The SMILES string of the molecule is C=C1CC[C@@H](C(C)(C)OC(C)=O)C[C@@H]2[C@H]1CC[C@@]2(C)O. The Morgan fingerprint density at radius 2 is 2.10 bits per heavy atom. The largest absolute Gasteiger partial charge is 0.460 e. The third-order valence-corrected chi connectivity index (χ3v) is 5.51. The van der Waals surface area contributed by atoms with Gasteiger partial charge in [0, 0.05) is 6.92 Å². The van der Waals surface area contributed by atoms with E-state index in [1.165, 1.54) is 12.5 Å². The molecule has 0 unspecified atom stereocenters. The normalized spacial score (nSPS) is 38.2. The highest BCUT2D eigenvalue weighted by atomic mass is 16.6. The molecule has 1 N–H and O–H groups in total. The smallest absolute Gasteiger partial charge is 0.303 e. The van der Waals surface area contributed by atoms with Crippen molar-refractivity contribution in [1.29, 1.82) is 0 Å². The van der Waals surface area contributed by atoms with Crippen molar-refractivity contribution in [3.8, 4) is 0 Å². The van der Waals surface area contributed by atoms with Gasteiger partial charge in [0.25, 0.3) is 0 Å². The first-order chi connectivity index (χ1) is 9.13. The van der Waals surface area contributed by atoms with Gasteiger partial charge in [0.05, 0.1) is 5.60 Å². The molecule has 0 saturated heterocycles. The van der Waals surface area contributed by atoms with Crippen LogP contribution in [0.5, 0.6) is 0 Å². The molecule has 0 aromatic rings. The Hall–Kier alpha value is -0.830. The number of rotatable bonds is 2. The fraction of sp³-hybridized carbons (Fsp3) is 0.824. The predicted molar refractivity (Wildman–Crippen MR) is 79.2 cm³/mol. The molecule has 2 rings (SSSR count). The topological polar surface area (TPSA) is 46.5 Å². The number of ether oxygens (including phenoxy) is 1. The summed E-state index contributed by atoms with van der Waals surface area (Å²) in [5, 5.41) is 10.6. The molecule has 2 saturated carbocycles. The van der Waals surface area contributed by atoms with Crippen molar-refractivity contribution in [2.75, 3.05) is 0 Å². The molecule has 2 fully saturated rings. The average molecular weight is 280 g/mol. The summed E-state index contributed by atoms with van der Waals surface area (Å²) in [5.74, 6) is 0.732. The monoisotopic (exact) mass is 280 g/mol. The van der Waals surface area contributed by atoms with Crippen LogP contribution in [-0.4, -0.2) is 22.3 Å². The molecule has 0 spiro atoms.